The summed E-state index contributed by atoms with van der Waals surface area (Å²) in [5.41, 5.74) is 2.86. The van der Waals surface area contributed by atoms with E-state index in [4.69, 9.17) is 32.0 Å². The minimum atomic E-state index is -0.908. The van der Waals surface area contributed by atoms with Crippen molar-refractivity contribution in [1.82, 2.24) is 10.7 Å². The highest BCUT2D eigenvalue weighted by atomic mass is 35.5. The average Bonchev–Trinajstić information content (AvgIpc) is 3.34. The number of carbonyl (C=O) groups is 2. The Hall–Kier alpha value is -3.03. The van der Waals surface area contributed by atoms with Crippen molar-refractivity contribution < 1.29 is 18.4 Å². The Morgan fingerprint density at radius 2 is 1.93 bits per heavy atom. The van der Waals surface area contributed by atoms with Crippen LogP contribution in [-0.4, -0.2) is 18.0 Å². The van der Waals surface area contributed by atoms with Crippen LogP contribution in [-0.2, 0) is 16.1 Å². The summed E-state index contributed by atoms with van der Waals surface area (Å²) in [6, 6.07) is 11.8. The fourth-order valence-corrected chi connectivity index (χ4v) is 2.39. The van der Waals surface area contributed by atoms with Gasteiger partial charge in [0.2, 0.25) is 0 Å². The Morgan fingerprint density at radius 3 is 2.67 bits per heavy atom. The van der Waals surface area contributed by atoms with E-state index in [9.17, 15) is 9.59 Å². The number of nitrogens with zero attached hydrogens (tertiary/aromatic N) is 1. The molecule has 2 amide bonds. The lowest BCUT2D eigenvalue weighted by Gasteiger charge is -2.01. The Kier molecular flexibility index (Phi) is 5.95. The molecule has 1 aromatic carbocycles. The number of amides is 2. The highest BCUT2D eigenvalue weighted by Crippen LogP contribution is 2.29. The second kappa shape index (κ2) is 8.57. The minimum Gasteiger partial charge on any atom is -0.467 e. The first kappa shape index (κ1) is 18.8. The predicted molar refractivity (Wildman–Crippen MR) is 100 cm³/mol. The van der Waals surface area contributed by atoms with Crippen molar-refractivity contribution in [3.05, 3.63) is 70.3 Å². The molecule has 0 atom stereocenters. The molecule has 0 aliphatic rings. The molecule has 0 bridgehead atoms. The van der Waals surface area contributed by atoms with Gasteiger partial charge in [-0.3, -0.25) is 9.59 Å². The van der Waals surface area contributed by atoms with Crippen molar-refractivity contribution in [3.63, 3.8) is 0 Å². The summed E-state index contributed by atoms with van der Waals surface area (Å²) in [6.07, 6.45) is 2.75. The van der Waals surface area contributed by atoms with E-state index in [1.165, 1.54) is 12.5 Å². The van der Waals surface area contributed by atoms with E-state index < -0.39 is 11.8 Å². The van der Waals surface area contributed by atoms with Crippen LogP contribution >= 0.6 is 23.2 Å². The SMILES string of the molecule is O=C(NCc1ccco1)C(=O)N/N=C/c1ccc(-c2ccc(Cl)c(Cl)c2)o1. The topological polar surface area (TPSA) is 96.8 Å². The smallest absolute Gasteiger partial charge is 0.329 e. The lowest BCUT2D eigenvalue weighted by atomic mass is 10.2. The summed E-state index contributed by atoms with van der Waals surface area (Å²) in [7, 11) is 0. The summed E-state index contributed by atoms with van der Waals surface area (Å²) < 4.78 is 10.6. The zero-order chi connectivity index (χ0) is 19.2. The highest BCUT2D eigenvalue weighted by Gasteiger charge is 2.12. The summed E-state index contributed by atoms with van der Waals surface area (Å²) in [4.78, 5) is 23.3. The van der Waals surface area contributed by atoms with E-state index in [0.717, 1.165) is 5.56 Å². The highest BCUT2D eigenvalue weighted by molar-refractivity contribution is 6.42. The Balaban J connectivity index is 1.53. The minimum absolute atomic E-state index is 0.105. The van der Waals surface area contributed by atoms with Crippen LogP contribution in [0.5, 0.6) is 0 Å². The van der Waals surface area contributed by atoms with E-state index in [2.05, 4.69) is 15.8 Å². The van der Waals surface area contributed by atoms with E-state index in [1.807, 2.05) is 0 Å². The molecular formula is C18H13Cl2N3O4. The van der Waals surface area contributed by atoms with Gasteiger partial charge in [-0.05, 0) is 42.5 Å². The van der Waals surface area contributed by atoms with Crippen molar-refractivity contribution in [2.24, 2.45) is 5.10 Å². The standard InChI is InChI=1S/C18H13Cl2N3O4/c19-14-5-3-11(8-15(14)20)16-6-4-13(27-16)10-22-23-18(25)17(24)21-9-12-2-1-7-26-12/h1-8,10H,9H2,(H,21,24)(H,23,25)/b22-10+. The molecule has 0 aliphatic heterocycles. The first-order valence-corrected chi connectivity index (χ1v) is 8.47. The molecule has 3 aromatic rings. The fourth-order valence-electron chi connectivity index (χ4n) is 2.09. The largest absolute Gasteiger partial charge is 0.467 e. The molecule has 0 aliphatic carbocycles. The molecule has 2 N–H and O–H groups in total. The third-order valence-corrected chi connectivity index (χ3v) is 4.14. The van der Waals surface area contributed by atoms with Crippen LogP contribution in [0.4, 0.5) is 0 Å². The molecule has 9 heteroatoms. The molecule has 2 aromatic heterocycles. The molecule has 0 saturated heterocycles. The van der Waals surface area contributed by atoms with Gasteiger partial charge in [-0.15, -0.1) is 0 Å². The molecule has 0 saturated carbocycles. The molecule has 0 unspecified atom stereocenters. The number of benzene rings is 1. The quantitative estimate of drug-likeness (QED) is 0.384. The number of halogens is 2. The number of hydrogen-bond donors (Lipinski definition) is 2. The number of carbonyl (C=O) groups excluding carboxylic acids is 2. The lowest BCUT2D eigenvalue weighted by Crippen LogP contribution is -2.37. The molecule has 3 rings (SSSR count). The third-order valence-electron chi connectivity index (χ3n) is 3.40. The maximum atomic E-state index is 11.7. The third kappa shape index (κ3) is 4.99. The normalized spacial score (nSPS) is 10.9. The molecule has 0 radical (unpaired) electrons. The fraction of sp³-hybridized carbons (Fsp3) is 0.0556. The van der Waals surface area contributed by atoms with Crippen LogP contribution in [0.2, 0.25) is 10.0 Å². The van der Waals surface area contributed by atoms with Crippen LogP contribution in [0.3, 0.4) is 0 Å². The summed E-state index contributed by atoms with van der Waals surface area (Å²) >= 11 is 11.9. The number of nitrogens with one attached hydrogen (secondary N) is 2. The second-order valence-electron chi connectivity index (χ2n) is 5.29. The first-order chi connectivity index (χ1) is 13.0. The average molecular weight is 406 g/mol. The van der Waals surface area contributed by atoms with E-state index in [-0.39, 0.29) is 6.54 Å². The lowest BCUT2D eigenvalue weighted by molar-refractivity contribution is -0.139. The molecule has 138 valence electrons. The molecule has 0 spiro atoms. The zero-order valence-electron chi connectivity index (χ0n) is 13.7. The van der Waals surface area contributed by atoms with Crippen molar-refractivity contribution in [1.29, 1.82) is 0 Å². The van der Waals surface area contributed by atoms with Gasteiger partial charge in [0.25, 0.3) is 0 Å². The summed E-state index contributed by atoms with van der Waals surface area (Å²) in [6.45, 7) is 0.105. The van der Waals surface area contributed by atoms with Crippen LogP contribution in [0.1, 0.15) is 11.5 Å². The number of furan rings is 2. The predicted octanol–water partition coefficient (Wildman–Crippen LogP) is 3.61. The number of hydrazone groups is 1. The van der Waals surface area contributed by atoms with E-state index in [0.29, 0.717) is 27.3 Å². The number of hydrogen-bond acceptors (Lipinski definition) is 5. The first-order valence-electron chi connectivity index (χ1n) is 7.72. The van der Waals surface area contributed by atoms with Gasteiger partial charge in [-0.1, -0.05) is 23.2 Å². The van der Waals surface area contributed by atoms with Gasteiger partial charge in [0, 0.05) is 5.56 Å². The van der Waals surface area contributed by atoms with Gasteiger partial charge in [-0.2, -0.15) is 5.10 Å². The molecule has 2 heterocycles. The number of rotatable bonds is 5. The van der Waals surface area contributed by atoms with Gasteiger partial charge in [0.15, 0.2) is 0 Å². The van der Waals surface area contributed by atoms with Crippen molar-refractivity contribution in [2.75, 3.05) is 0 Å². The summed E-state index contributed by atoms with van der Waals surface area (Å²) in [5, 5.41) is 6.96. The van der Waals surface area contributed by atoms with E-state index in [1.54, 1.807) is 42.5 Å². The maximum absolute atomic E-state index is 11.7. The molecule has 7 nitrogen and oxygen atoms in total. The van der Waals surface area contributed by atoms with Crippen LogP contribution in [0.15, 0.2) is 62.7 Å². The van der Waals surface area contributed by atoms with Crippen molar-refractivity contribution in [3.8, 4) is 11.3 Å². The van der Waals surface area contributed by atoms with Gasteiger partial charge < -0.3 is 14.2 Å². The van der Waals surface area contributed by atoms with E-state index >= 15 is 0 Å². The van der Waals surface area contributed by atoms with Crippen LogP contribution < -0.4 is 10.7 Å². The van der Waals surface area contributed by atoms with Gasteiger partial charge >= 0.3 is 11.8 Å². The Labute approximate surface area is 163 Å². The summed E-state index contributed by atoms with van der Waals surface area (Å²) in [5.74, 6) is -0.275. The van der Waals surface area contributed by atoms with Gasteiger partial charge in [0.1, 0.15) is 17.3 Å². The van der Waals surface area contributed by atoms with Gasteiger partial charge in [-0.25, -0.2) is 5.43 Å². The zero-order valence-corrected chi connectivity index (χ0v) is 15.3. The molecular weight excluding hydrogens is 393 g/mol. The molecule has 27 heavy (non-hydrogen) atoms. The monoisotopic (exact) mass is 405 g/mol. The van der Waals surface area contributed by atoms with Crippen LogP contribution in [0.25, 0.3) is 11.3 Å². The maximum Gasteiger partial charge on any atom is 0.329 e. The second-order valence-corrected chi connectivity index (χ2v) is 6.11. The van der Waals surface area contributed by atoms with Gasteiger partial charge in [0.05, 0.1) is 29.1 Å². The molecule has 0 fully saturated rings. The Morgan fingerprint density at radius 1 is 1.07 bits per heavy atom. The van der Waals surface area contributed by atoms with Crippen molar-refractivity contribution in [2.45, 2.75) is 6.54 Å². The van der Waals surface area contributed by atoms with Crippen molar-refractivity contribution >= 4 is 41.2 Å². The van der Waals surface area contributed by atoms with Crippen LogP contribution in [0, 0.1) is 0 Å². The Bertz CT molecular complexity index is 980.